The van der Waals surface area contributed by atoms with Crippen molar-refractivity contribution < 1.29 is 0 Å². The van der Waals surface area contributed by atoms with Crippen LogP contribution >= 0.6 is 0 Å². The molecule has 0 aliphatic carbocycles. The molecule has 116 valence electrons. The Bertz CT molecular complexity index is 470. The van der Waals surface area contributed by atoms with Crippen LogP contribution in [0.1, 0.15) is 43.7 Å². The molecule has 2 aliphatic heterocycles. The first-order chi connectivity index (χ1) is 10.2. The molecular weight excluding hydrogens is 256 g/mol. The molecule has 0 saturated carbocycles. The molecule has 2 saturated heterocycles. The highest BCUT2D eigenvalue weighted by atomic mass is 15.2. The molecule has 2 nitrogen and oxygen atoms in total. The molecule has 0 N–H and O–H groups in total. The molecule has 1 unspecified atom stereocenters. The van der Waals surface area contributed by atoms with Crippen molar-refractivity contribution in [2.24, 2.45) is 5.41 Å². The molecule has 1 aromatic rings. The fourth-order valence-corrected chi connectivity index (χ4v) is 4.38. The average Bonchev–Trinajstić information content (AvgIpc) is 2.82. The Morgan fingerprint density at radius 2 is 1.95 bits per heavy atom. The third-order valence-corrected chi connectivity index (χ3v) is 5.29. The fourth-order valence-electron chi connectivity index (χ4n) is 4.38. The van der Waals surface area contributed by atoms with E-state index in [1.165, 1.54) is 69.5 Å². The van der Waals surface area contributed by atoms with Crippen LogP contribution in [-0.4, -0.2) is 42.5 Å². The molecule has 21 heavy (non-hydrogen) atoms. The van der Waals surface area contributed by atoms with Crippen molar-refractivity contribution >= 4 is 0 Å². The van der Waals surface area contributed by atoms with Gasteiger partial charge in [-0.1, -0.05) is 36.8 Å². The van der Waals surface area contributed by atoms with Gasteiger partial charge in [0.1, 0.15) is 0 Å². The van der Waals surface area contributed by atoms with Crippen LogP contribution < -0.4 is 0 Å². The molecule has 0 aromatic heterocycles. The molecule has 1 aromatic carbocycles. The highest BCUT2D eigenvalue weighted by molar-refractivity contribution is 5.22. The summed E-state index contributed by atoms with van der Waals surface area (Å²) in [4.78, 5) is 5.39. The van der Waals surface area contributed by atoms with Crippen LogP contribution in [0.4, 0.5) is 0 Å². The molecule has 0 bridgehead atoms. The van der Waals surface area contributed by atoms with E-state index >= 15 is 0 Å². The minimum atomic E-state index is 0.594. The van der Waals surface area contributed by atoms with Crippen LogP contribution in [0.15, 0.2) is 24.3 Å². The van der Waals surface area contributed by atoms with E-state index < -0.39 is 0 Å². The third kappa shape index (κ3) is 3.67. The van der Waals surface area contributed by atoms with E-state index in [0.717, 1.165) is 6.54 Å². The number of hydrogen-bond donors (Lipinski definition) is 0. The quantitative estimate of drug-likeness (QED) is 0.833. The van der Waals surface area contributed by atoms with Crippen molar-refractivity contribution in [1.82, 2.24) is 9.80 Å². The number of piperidine rings is 1. The second-order valence-electron chi connectivity index (χ2n) is 7.33. The van der Waals surface area contributed by atoms with Gasteiger partial charge in [0.05, 0.1) is 0 Å². The van der Waals surface area contributed by atoms with Crippen molar-refractivity contribution in [2.75, 3.05) is 32.7 Å². The lowest BCUT2D eigenvalue weighted by Crippen LogP contribution is -2.44. The summed E-state index contributed by atoms with van der Waals surface area (Å²) in [5, 5.41) is 0. The van der Waals surface area contributed by atoms with Gasteiger partial charge in [0.15, 0.2) is 0 Å². The standard InChI is InChI=1S/C19H30N2/c1-3-10-20-12-9-19(15-20)8-5-11-21(16-19)14-18-7-4-6-17(2)13-18/h4,6-7,13H,3,5,8-12,14-16H2,1-2H3. The van der Waals surface area contributed by atoms with Crippen molar-refractivity contribution in [1.29, 1.82) is 0 Å². The molecule has 3 rings (SSSR count). The average molecular weight is 286 g/mol. The summed E-state index contributed by atoms with van der Waals surface area (Å²) in [6.45, 7) is 12.2. The fraction of sp³-hybridized carbons (Fsp3) is 0.684. The Labute approximate surface area is 130 Å². The second kappa shape index (κ2) is 6.50. The van der Waals surface area contributed by atoms with Gasteiger partial charge in [-0.2, -0.15) is 0 Å². The van der Waals surface area contributed by atoms with E-state index in [-0.39, 0.29) is 0 Å². The predicted molar refractivity (Wildman–Crippen MR) is 89.5 cm³/mol. The van der Waals surface area contributed by atoms with E-state index in [1.54, 1.807) is 0 Å². The first-order valence-electron chi connectivity index (χ1n) is 8.69. The van der Waals surface area contributed by atoms with Crippen molar-refractivity contribution in [3.63, 3.8) is 0 Å². The summed E-state index contributed by atoms with van der Waals surface area (Å²) in [6.07, 6.45) is 5.53. The number of likely N-dealkylation sites (tertiary alicyclic amines) is 2. The predicted octanol–water partition coefficient (Wildman–Crippen LogP) is 3.69. The zero-order valence-electron chi connectivity index (χ0n) is 13.8. The zero-order chi connectivity index (χ0) is 14.7. The van der Waals surface area contributed by atoms with E-state index in [4.69, 9.17) is 0 Å². The Hall–Kier alpha value is -0.860. The zero-order valence-corrected chi connectivity index (χ0v) is 13.8. The number of hydrogen-bond acceptors (Lipinski definition) is 2. The smallest absolute Gasteiger partial charge is 0.0234 e. The molecular formula is C19H30N2. The second-order valence-corrected chi connectivity index (χ2v) is 7.33. The highest BCUT2D eigenvalue weighted by Gasteiger charge is 2.40. The molecule has 2 fully saturated rings. The maximum Gasteiger partial charge on any atom is 0.0234 e. The van der Waals surface area contributed by atoms with E-state index in [2.05, 4.69) is 47.9 Å². The lowest BCUT2D eigenvalue weighted by atomic mass is 9.79. The molecule has 1 spiro atoms. The topological polar surface area (TPSA) is 6.48 Å². The van der Waals surface area contributed by atoms with Crippen LogP contribution in [0.3, 0.4) is 0 Å². The van der Waals surface area contributed by atoms with E-state index in [0.29, 0.717) is 5.41 Å². The van der Waals surface area contributed by atoms with Crippen molar-refractivity contribution in [3.05, 3.63) is 35.4 Å². The molecule has 2 aliphatic rings. The van der Waals surface area contributed by atoms with Gasteiger partial charge in [-0.05, 0) is 63.2 Å². The van der Waals surface area contributed by atoms with Crippen molar-refractivity contribution in [3.8, 4) is 0 Å². The lowest BCUT2D eigenvalue weighted by molar-refractivity contribution is 0.0874. The van der Waals surface area contributed by atoms with E-state index in [9.17, 15) is 0 Å². The Balaban J connectivity index is 1.61. The summed E-state index contributed by atoms with van der Waals surface area (Å²) in [6, 6.07) is 9.02. The van der Waals surface area contributed by atoms with Crippen LogP contribution in [0.2, 0.25) is 0 Å². The van der Waals surface area contributed by atoms with Gasteiger partial charge < -0.3 is 4.90 Å². The van der Waals surface area contributed by atoms with Crippen molar-refractivity contribution in [2.45, 2.75) is 46.1 Å². The maximum absolute atomic E-state index is 2.70. The van der Waals surface area contributed by atoms with Crippen LogP contribution in [0.25, 0.3) is 0 Å². The number of aryl methyl sites for hydroxylation is 1. The van der Waals surface area contributed by atoms with Gasteiger partial charge in [-0.25, -0.2) is 0 Å². The van der Waals surface area contributed by atoms with E-state index in [1.807, 2.05) is 0 Å². The molecule has 1 atom stereocenters. The van der Waals surface area contributed by atoms with Gasteiger partial charge in [0.25, 0.3) is 0 Å². The van der Waals surface area contributed by atoms with Gasteiger partial charge in [-0.3, -0.25) is 4.90 Å². The molecule has 2 heteroatoms. The minimum absolute atomic E-state index is 0.594. The Morgan fingerprint density at radius 1 is 1.10 bits per heavy atom. The number of rotatable bonds is 4. The normalized spacial score (nSPS) is 27.5. The highest BCUT2D eigenvalue weighted by Crippen LogP contribution is 2.39. The monoisotopic (exact) mass is 286 g/mol. The molecule has 2 heterocycles. The Morgan fingerprint density at radius 3 is 2.76 bits per heavy atom. The summed E-state index contributed by atoms with van der Waals surface area (Å²) < 4.78 is 0. The van der Waals surface area contributed by atoms with Gasteiger partial charge in [-0.15, -0.1) is 0 Å². The summed E-state index contributed by atoms with van der Waals surface area (Å²) in [5.41, 5.74) is 3.46. The largest absolute Gasteiger partial charge is 0.303 e. The van der Waals surface area contributed by atoms with Gasteiger partial charge in [0.2, 0.25) is 0 Å². The van der Waals surface area contributed by atoms with Crippen LogP contribution in [0, 0.1) is 12.3 Å². The maximum atomic E-state index is 2.70. The van der Waals surface area contributed by atoms with Crippen LogP contribution in [0.5, 0.6) is 0 Å². The first kappa shape index (κ1) is 15.1. The summed E-state index contributed by atoms with van der Waals surface area (Å²) in [5.74, 6) is 0. The third-order valence-electron chi connectivity index (χ3n) is 5.29. The SMILES string of the molecule is CCCN1CCC2(CCCN(Cc3cccc(C)c3)C2)C1. The number of nitrogens with zero attached hydrogens (tertiary/aromatic N) is 2. The first-order valence-corrected chi connectivity index (χ1v) is 8.69. The Kier molecular flexibility index (Phi) is 4.66. The summed E-state index contributed by atoms with van der Waals surface area (Å²) >= 11 is 0. The van der Waals surface area contributed by atoms with Gasteiger partial charge in [0, 0.05) is 19.6 Å². The number of benzene rings is 1. The minimum Gasteiger partial charge on any atom is -0.303 e. The lowest BCUT2D eigenvalue weighted by Gasteiger charge is -2.40. The van der Waals surface area contributed by atoms with Crippen LogP contribution in [-0.2, 0) is 6.54 Å². The molecule has 0 radical (unpaired) electrons. The van der Waals surface area contributed by atoms with Gasteiger partial charge >= 0.3 is 0 Å². The summed E-state index contributed by atoms with van der Waals surface area (Å²) in [7, 11) is 0. The molecule has 0 amide bonds.